The first kappa shape index (κ1) is 18.2. The Hall–Kier alpha value is -1.64. The van der Waals surface area contributed by atoms with Crippen LogP contribution >= 0.6 is 0 Å². The number of nitrogens with one attached hydrogen (secondary N) is 1. The standard InChI is InChI=1S/C16H25N3O5S/c1-11-5-3-4-7-16(11)14(21)19(15(22)17-16)9-13(20)18(2)12-6-8-25(23,24)10-12/h11-12H,3-10H2,1-2H3,(H,17,22)/t11-,12+,16+/m0/s1. The second kappa shape index (κ2) is 6.26. The van der Waals surface area contributed by atoms with Gasteiger partial charge in [0.2, 0.25) is 5.91 Å². The number of likely N-dealkylation sites (N-methyl/N-ethyl adjacent to an activating group) is 1. The van der Waals surface area contributed by atoms with Crippen molar-refractivity contribution in [1.82, 2.24) is 15.1 Å². The zero-order valence-corrected chi connectivity index (χ0v) is 15.5. The van der Waals surface area contributed by atoms with E-state index in [0.29, 0.717) is 12.8 Å². The van der Waals surface area contributed by atoms with Crippen molar-refractivity contribution >= 4 is 27.7 Å². The number of urea groups is 1. The van der Waals surface area contributed by atoms with Crippen LogP contribution in [0.1, 0.15) is 39.0 Å². The van der Waals surface area contributed by atoms with Crippen LogP contribution in [0.2, 0.25) is 0 Å². The summed E-state index contributed by atoms with van der Waals surface area (Å²) in [5.41, 5.74) is -0.884. The van der Waals surface area contributed by atoms with Gasteiger partial charge in [0.15, 0.2) is 9.84 Å². The molecular formula is C16H25N3O5S. The van der Waals surface area contributed by atoms with Gasteiger partial charge in [0.25, 0.3) is 5.91 Å². The average Bonchev–Trinajstić information content (AvgIpc) is 3.02. The van der Waals surface area contributed by atoms with Crippen LogP contribution in [-0.2, 0) is 19.4 Å². The van der Waals surface area contributed by atoms with Crippen molar-refractivity contribution in [3.63, 3.8) is 0 Å². The van der Waals surface area contributed by atoms with Gasteiger partial charge in [-0.1, -0.05) is 19.8 Å². The molecule has 3 fully saturated rings. The van der Waals surface area contributed by atoms with E-state index in [1.165, 1.54) is 11.9 Å². The van der Waals surface area contributed by atoms with Crippen LogP contribution < -0.4 is 5.32 Å². The van der Waals surface area contributed by atoms with Crippen LogP contribution in [0.3, 0.4) is 0 Å². The van der Waals surface area contributed by atoms with E-state index < -0.39 is 27.3 Å². The molecule has 0 radical (unpaired) electrons. The fourth-order valence-corrected chi connectivity index (χ4v) is 5.94. The van der Waals surface area contributed by atoms with Gasteiger partial charge >= 0.3 is 6.03 Å². The molecule has 8 nitrogen and oxygen atoms in total. The Morgan fingerprint density at radius 2 is 2.04 bits per heavy atom. The van der Waals surface area contributed by atoms with E-state index >= 15 is 0 Å². The molecule has 1 aliphatic carbocycles. The monoisotopic (exact) mass is 371 g/mol. The summed E-state index contributed by atoms with van der Waals surface area (Å²) in [5, 5.41) is 2.82. The van der Waals surface area contributed by atoms with E-state index in [1.54, 1.807) is 0 Å². The summed E-state index contributed by atoms with van der Waals surface area (Å²) in [4.78, 5) is 40.0. The number of imide groups is 1. The maximum absolute atomic E-state index is 12.9. The van der Waals surface area contributed by atoms with Crippen LogP contribution in [0.4, 0.5) is 4.79 Å². The highest BCUT2D eigenvalue weighted by Crippen LogP contribution is 2.38. The van der Waals surface area contributed by atoms with Gasteiger partial charge in [-0.05, 0) is 25.2 Å². The smallest absolute Gasteiger partial charge is 0.325 e. The highest BCUT2D eigenvalue weighted by Gasteiger charge is 2.55. The van der Waals surface area contributed by atoms with Crippen LogP contribution in [0.15, 0.2) is 0 Å². The molecule has 1 spiro atoms. The molecule has 4 amide bonds. The topological polar surface area (TPSA) is 104 Å². The van der Waals surface area contributed by atoms with Gasteiger partial charge in [0.05, 0.1) is 11.5 Å². The van der Waals surface area contributed by atoms with E-state index in [-0.39, 0.29) is 35.9 Å². The van der Waals surface area contributed by atoms with Crippen molar-refractivity contribution in [2.75, 3.05) is 25.1 Å². The van der Waals surface area contributed by atoms with Crippen molar-refractivity contribution < 1.29 is 22.8 Å². The molecule has 2 heterocycles. The fourth-order valence-electron chi connectivity index (χ4n) is 4.17. The lowest BCUT2D eigenvalue weighted by Crippen LogP contribution is -2.54. The summed E-state index contributed by atoms with van der Waals surface area (Å²) in [5.74, 6) is -0.692. The van der Waals surface area contributed by atoms with E-state index in [2.05, 4.69) is 5.32 Å². The molecule has 0 unspecified atom stereocenters. The summed E-state index contributed by atoms with van der Waals surface area (Å²) in [6.45, 7) is 1.62. The molecule has 2 aliphatic heterocycles. The van der Waals surface area contributed by atoms with Gasteiger partial charge in [0.1, 0.15) is 12.1 Å². The summed E-state index contributed by atoms with van der Waals surface area (Å²) in [7, 11) is -1.57. The lowest BCUT2D eigenvalue weighted by atomic mass is 9.73. The molecule has 25 heavy (non-hydrogen) atoms. The molecule has 140 valence electrons. The third-order valence-electron chi connectivity index (χ3n) is 5.94. The minimum absolute atomic E-state index is 0.0375. The maximum atomic E-state index is 12.9. The largest absolute Gasteiger partial charge is 0.340 e. The van der Waals surface area contributed by atoms with Crippen molar-refractivity contribution in [3.05, 3.63) is 0 Å². The number of sulfone groups is 1. The molecule has 3 rings (SSSR count). The quantitative estimate of drug-likeness (QED) is 0.711. The van der Waals surface area contributed by atoms with Gasteiger partial charge in [-0.25, -0.2) is 13.2 Å². The van der Waals surface area contributed by atoms with Crippen molar-refractivity contribution in [2.24, 2.45) is 5.92 Å². The summed E-state index contributed by atoms with van der Waals surface area (Å²) < 4.78 is 23.2. The lowest BCUT2D eigenvalue weighted by Gasteiger charge is -2.36. The number of amides is 4. The SMILES string of the molecule is C[C@H]1CCCC[C@@]12NC(=O)N(CC(=O)N(C)[C@@H]1CCS(=O)(=O)C1)C2=O. The maximum Gasteiger partial charge on any atom is 0.325 e. The Morgan fingerprint density at radius 3 is 2.64 bits per heavy atom. The molecule has 0 aromatic heterocycles. The van der Waals surface area contributed by atoms with Crippen LogP contribution in [0.25, 0.3) is 0 Å². The van der Waals surface area contributed by atoms with Gasteiger partial charge < -0.3 is 10.2 Å². The van der Waals surface area contributed by atoms with E-state index in [9.17, 15) is 22.8 Å². The van der Waals surface area contributed by atoms with Crippen molar-refractivity contribution in [1.29, 1.82) is 0 Å². The van der Waals surface area contributed by atoms with E-state index in [0.717, 1.165) is 24.2 Å². The molecule has 3 atom stereocenters. The zero-order valence-electron chi connectivity index (χ0n) is 14.7. The summed E-state index contributed by atoms with van der Waals surface area (Å²) >= 11 is 0. The van der Waals surface area contributed by atoms with E-state index in [1.807, 2.05) is 6.92 Å². The Balaban J connectivity index is 1.69. The molecule has 0 aromatic carbocycles. The molecular weight excluding hydrogens is 346 g/mol. The zero-order chi connectivity index (χ0) is 18.4. The molecule has 0 aromatic rings. The number of nitrogens with zero attached hydrogens (tertiary/aromatic N) is 2. The minimum Gasteiger partial charge on any atom is -0.340 e. The highest BCUT2D eigenvalue weighted by molar-refractivity contribution is 7.91. The predicted molar refractivity (Wildman–Crippen MR) is 90.4 cm³/mol. The Bertz CT molecular complexity index is 707. The minimum atomic E-state index is -3.11. The third-order valence-corrected chi connectivity index (χ3v) is 7.69. The fraction of sp³-hybridized carbons (Fsp3) is 0.812. The molecule has 0 bridgehead atoms. The summed E-state index contributed by atoms with van der Waals surface area (Å²) in [6, 6.07) is -0.916. The van der Waals surface area contributed by atoms with Crippen molar-refractivity contribution in [3.8, 4) is 0 Å². The van der Waals surface area contributed by atoms with Crippen LogP contribution in [-0.4, -0.2) is 72.7 Å². The number of rotatable bonds is 3. The molecule has 9 heteroatoms. The molecule has 1 saturated carbocycles. The molecule has 2 saturated heterocycles. The predicted octanol–water partition coefficient (Wildman–Crippen LogP) is 0.133. The van der Waals surface area contributed by atoms with Gasteiger partial charge in [0, 0.05) is 13.1 Å². The van der Waals surface area contributed by atoms with Gasteiger partial charge in [-0.3, -0.25) is 14.5 Å². The average molecular weight is 371 g/mol. The number of carbonyl (C=O) groups excluding carboxylic acids is 3. The lowest BCUT2D eigenvalue weighted by molar-refractivity contribution is -0.140. The molecule has 1 N–H and O–H groups in total. The Labute approximate surface area is 147 Å². The third kappa shape index (κ3) is 3.14. The first-order valence-electron chi connectivity index (χ1n) is 8.76. The number of hydrogen-bond donors (Lipinski definition) is 1. The van der Waals surface area contributed by atoms with Crippen LogP contribution in [0, 0.1) is 5.92 Å². The normalized spacial score (nSPS) is 34.4. The van der Waals surface area contributed by atoms with Crippen LogP contribution in [0.5, 0.6) is 0 Å². The Morgan fingerprint density at radius 1 is 1.32 bits per heavy atom. The number of hydrogen-bond acceptors (Lipinski definition) is 5. The highest BCUT2D eigenvalue weighted by atomic mass is 32.2. The van der Waals surface area contributed by atoms with Crippen molar-refractivity contribution in [2.45, 2.75) is 50.6 Å². The van der Waals surface area contributed by atoms with E-state index in [4.69, 9.17) is 0 Å². The molecule has 3 aliphatic rings. The number of carbonyl (C=O) groups is 3. The van der Waals surface area contributed by atoms with Gasteiger partial charge in [-0.15, -0.1) is 0 Å². The van der Waals surface area contributed by atoms with Gasteiger partial charge in [-0.2, -0.15) is 0 Å². The Kier molecular flexibility index (Phi) is 4.55. The summed E-state index contributed by atoms with van der Waals surface area (Å²) in [6.07, 6.45) is 3.77. The first-order valence-corrected chi connectivity index (χ1v) is 10.6. The second-order valence-electron chi connectivity index (χ2n) is 7.50. The first-order chi connectivity index (χ1) is 11.7. The second-order valence-corrected chi connectivity index (χ2v) is 9.73.